The highest BCUT2D eigenvalue weighted by molar-refractivity contribution is 6.30. The van der Waals surface area contributed by atoms with Gasteiger partial charge in [-0.25, -0.2) is 9.07 Å². The molecule has 0 radical (unpaired) electrons. The lowest BCUT2D eigenvalue weighted by Crippen LogP contribution is -2.13. The molecule has 0 atom stereocenters. The second kappa shape index (κ2) is 6.76. The summed E-state index contributed by atoms with van der Waals surface area (Å²) in [5.74, 6) is -0.895. The second-order valence-electron chi connectivity index (χ2n) is 6.64. The monoisotopic (exact) mass is 397 g/mol. The Morgan fingerprint density at radius 2 is 2.00 bits per heavy atom. The number of fused-ring (bicyclic) bond motifs is 1. The molecule has 8 heteroatoms. The van der Waals surface area contributed by atoms with Crippen molar-refractivity contribution in [1.82, 2.24) is 19.6 Å². The molecular weight excluding hydrogens is 381 g/mol. The number of halogens is 2. The maximum Gasteiger partial charge on any atom is 0.252 e. The number of rotatable bonds is 4. The Morgan fingerprint density at radius 1 is 1.21 bits per heavy atom. The zero-order valence-electron chi connectivity index (χ0n) is 15.3. The van der Waals surface area contributed by atoms with Gasteiger partial charge in [-0.2, -0.15) is 10.2 Å². The van der Waals surface area contributed by atoms with Gasteiger partial charge in [-0.05, 0) is 49.7 Å². The highest BCUT2D eigenvalue weighted by atomic mass is 35.5. The molecular formula is C20H17ClFN5O. The van der Waals surface area contributed by atoms with Gasteiger partial charge in [-0.1, -0.05) is 17.7 Å². The maximum absolute atomic E-state index is 13.6. The van der Waals surface area contributed by atoms with E-state index in [9.17, 15) is 9.18 Å². The normalized spacial score (nSPS) is 11.3. The fourth-order valence-corrected chi connectivity index (χ4v) is 3.71. The van der Waals surface area contributed by atoms with E-state index in [-0.39, 0.29) is 5.82 Å². The number of nitrogens with zero attached hydrogens (tertiary/aromatic N) is 4. The zero-order chi connectivity index (χ0) is 20.0. The molecule has 0 aliphatic carbocycles. The summed E-state index contributed by atoms with van der Waals surface area (Å²) in [5, 5.41) is 10.2. The van der Waals surface area contributed by atoms with E-state index >= 15 is 0 Å². The van der Waals surface area contributed by atoms with E-state index in [1.807, 2.05) is 24.4 Å². The fraction of sp³-hybridized carbons (Fsp3) is 0.150. The summed E-state index contributed by atoms with van der Waals surface area (Å²) in [4.78, 5) is 11.7. The number of carbonyl (C=O) groups is 1. The Hall–Kier alpha value is -3.19. The quantitative estimate of drug-likeness (QED) is 0.569. The van der Waals surface area contributed by atoms with Gasteiger partial charge in [0.25, 0.3) is 5.91 Å². The predicted molar refractivity (Wildman–Crippen MR) is 105 cm³/mol. The average Bonchev–Trinajstić information content (AvgIpc) is 3.13. The number of primary amides is 1. The third-order valence-corrected chi connectivity index (χ3v) is 4.83. The lowest BCUT2D eigenvalue weighted by molar-refractivity contribution is 0.0999. The molecule has 142 valence electrons. The van der Waals surface area contributed by atoms with Crippen LogP contribution in [0.1, 0.15) is 27.3 Å². The van der Waals surface area contributed by atoms with Gasteiger partial charge < -0.3 is 5.73 Å². The first-order valence-electron chi connectivity index (χ1n) is 8.61. The molecule has 1 amide bonds. The molecule has 0 unspecified atom stereocenters. The molecule has 0 aliphatic rings. The van der Waals surface area contributed by atoms with Crippen LogP contribution in [0.25, 0.3) is 16.6 Å². The zero-order valence-corrected chi connectivity index (χ0v) is 16.0. The minimum atomic E-state index is -0.507. The van der Waals surface area contributed by atoms with Crippen molar-refractivity contribution in [2.24, 2.45) is 5.73 Å². The van der Waals surface area contributed by atoms with Gasteiger partial charge in [-0.3, -0.25) is 9.48 Å². The summed E-state index contributed by atoms with van der Waals surface area (Å²) in [6, 6.07) is 10.1. The Labute approximate surface area is 165 Å². The topological polar surface area (TPSA) is 78.7 Å². The van der Waals surface area contributed by atoms with Gasteiger partial charge >= 0.3 is 0 Å². The van der Waals surface area contributed by atoms with Gasteiger partial charge in [0, 0.05) is 16.6 Å². The third kappa shape index (κ3) is 3.14. The van der Waals surface area contributed by atoms with Crippen LogP contribution in [0, 0.1) is 19.7 Å². The Kier molecular flexibility index (Phi) is 4.39. The second-order valence-corrected chi connectivity index (χ2v) is 7.07. The number of nitrogens with two attached hydrogens (primary N) is 1. The van der Waals surface area contributed by atoms with Crippen LogP contribution in [0.2, 0.25) is 5.02 Å². The first-order valence-corrected chi connectivity index (χ1v) is 8.99. The summed E-state index contributed by atoms with van der Waals surface area (Å²) in [7, 11) is 0. The van der Waals surface area contributed by atoms with E-state index in [4.69, 9.17) is 17.3 Å². The number of aryl methyl sites for hydroxylation is 1. The molecule has 2 N–H and O–H groups in total. The van der Waals surface area contributed by atoms with Crippen LogP contribution in [0.3, 0.4) is 0 Å². The van der Waals surface area contributed by atoms with Crippen molar-refractivity contribution in [2.45, 2.75) is 20.4 Å². The highest BCUT2D eigenvalue weighted by Crippen LogP contribution is 2.25. The lowest BCUT2D eigenvalue weighted by Gasteiger charge is -2.06. The van der Waals surface area contributed by atoms with E-state index in [2.05, 4.69) is 10.2 Å². The molecule has 0 aliphatic heterocycles. The number of hydrogen-bond acceptors (Lipinski definition) is 3. The van der Waals surface area contributed by atoms with Crippen molar-refractivity contribution in [3.63, 3.8) is 0 Å². The SMILES string of the molecule is Cc1nn(-c2cccc3nn(Cc4cc(F)cc(Cl)c4)cc23)c(C)c1C(N)=O. The summed E-state index contributed by atoms with van der Waals surface area (Å²) in [6.45, 7) is 3.92. The van der Waals surface area contributed by atoms with E-state index in [0.29, 0.717) is 34.1 Å². The van der Waals surface area contributed by atoms with Gasteiger partial charge in [0.15, 0.2) is 0 Å². The molecule has 28 heavy (non-hydrogen) atoms. The summed E-state index contributed by atoms with van der Waals surface area (Å²) in [5.41, 5.74) is 9.39. The average molecular weight is 398 g/mol. The fourth-order valence-electron chi connectivity index (χ4n) is 3.47. The number of hydrogen-bond donors (Lipinski definition) is 1. The Bertz CT molecular complexity index is 1210. The molecule has 0 saturated carbocycles. The van der Waals surface area contributed by atoms with Crippen LogP contribution < -0.4 is 5.73 Å². The predicted octanol–water partition coefficient (Wildman–Crippen LogP) is 3.78. The van der Waals surface area contributed by atoms with Gasteiger partial charge in [0.1, 0.15) is 5.82 Å². The number of benzene rings is 2. The van der Waals surface area contributed by atoms with Crippen LogP contribution in [0.4, 0.5) is 4.39 Å². The summed E-state index contributed by atoms with van der Waals surface area (Å²) < 4.78 is 17.0. The summed E-state index contributed by atoms with van der Waals surface area (Å²) in [6.07, 6.45) is 1.86. The van der Waals surface area contributed by atoms with Gasteiger partial charge in [0.05, 0.1) is 34.7 Å². The minimum absolute atomic E-state index is 0.342. The molecule has 0 fully saturated rings. The van der Waals surface area contributed by atoms with Crippen LogP contribution in [-0.2, 0) is 6.54 Å². The van der Waals surface area contributed by atoms with Crippen molar-refractivity contribution < 1.29 is 9.18 Å². The van der Waals surface area contributed by atoms with Gasteiger partial charge in [0.2, 0.25) is 0 Å². The number of amides is 1. The molecule has 0 bridgehead atoms. The molecule has 4 rings (SSSR count). The standard InChI is InChI=1S/C20H17ClFN5O/c1-11-19(20(23)28)12(2)27(24-11)18-5-3-4-17-16(18)10-26(25-17)9-13-6-14(21)8-15(22)7-13/h3-8,10H,9H2,1-2H3,(H2,23,28). The van der Waals surface area contributed by atoms with Crippen molar-refractivity contribution in [1.29, 1.82) is 0 Å². The van der Waals surface area contributed by atoms with E-state index in [1.165, 1.54) is 12.1 Å². The van der Waals surface area contributed by atoms with Crippen LogP contribution in [-0.4, -0.2) is 25.5 Å². The smallest absolute Gasteiger partial charge is 0.252 e. The van der Waals surface area contributed by atoms with Crippen LogP contribution in [0.5, 0.6) is 0 Å². The maximum atomic E-state index is 13.6. The van der Waals surface area contributed by atoms with Crippen molar-refractivity contribution in [2.75, 3.05) is 0 Å². The van der Waals surface area contributed by atoms with Crippen molar-refractivity contribution in [3.8, 4) is 5.69 Å². The molecule has 2 aromatic heterocycles. The van der Waals surface area contributed by atoms with E-state index < -0.39 is 5.91 Å². The molecule has 2 aromatic carbocycles. The molecule has 0 spiro atoms. The first kappa shape index (κ1) is 18.2. The number of aromatic nitrogens is 4. The Morgan fingerprint density at radius 3 is 2.68 bits per heavy atom. The minimum Gasteiger partial charge on any atom is -0.365 e. The van der Waals surface area contributed by atoms with E-state index in [0.717, 1.165) is 16.6 Å². The largest absolute Gasteiger partial charge is 0.365 e. The highest BCUT2D eigenvalue weighted by Gasteiger charge is 2.19. The van der Waals surface area contributed by atoms with Crippen LogP contribution in [0.15, 0.2) is 42.6 Å². The van der Waals surface area contributed by atoms with Crippen molar-refractivity contribution >= 4 is 28.4 Å². The third-order valence-electron chi connectivity index (χ3n) is 4.61. The van der Waals surface area contributed by atoms with Crippen molar-refractivity contribution in [3.05, 3.63) is 75.9 Å². The van der Waals surface area contributed by atoms with E-state index in [1.54, 1.807) is 29.3 Å². The Balaban J connectivity index is 1.80. The lowest BCUT2D eigenvalue weighted by atomic mass is 10.2. The van der Waals surface area contributed by atoms with Crippen LogP contribution >= 0.6 is 11.6 Å². The molecule has 0 saturated heterocycles. The molecule has 4 aromatic rings. The first-order chi connectivity index (χ1) is 13.3. The summed E-state index contributed by atoms with van der Waals surface area (Å²) >= 11 is 5.94. The molecule has 6 nitrogen and oxygen atoms in total. The molecule has 2 heterocycles. The van der Waals surface area contributed by atoms with Gasteiger partial charge in [-0.15, -0.1) is 0 Å². The number of carbonyl (C=O) groups excluding carboxylic acids is 1.